The van der Waals surface area contributed by atoms with Crippen LogP contribution in [0.3, 0.4) is 0 Å². The third-order valence-electron chi connectivity index (χ3n) is 25.4. The molecule has 0 saturated heterocycles. The number of fused-ring (bicyclic) bond motifs is 18. The van der Waals surface area contributed by atoms with E-state index in [1.807, 2.05) is 18.2 Å². The molecule has 21 aromatic carbocycles. The average Bonchev–Trinajstić information content (AvgIpc) is 1.58. The molecule has 0 N–H and O–H groups in total. The molecule has 0 atom stereocenters. The summed E-state index contributed by atoms with van der Waals surface area (Å²) in [5.41, 5.74) is 24.4. The largest absolute Gasteiger partial charge is 0.228 e. The van der Waals surface area contributed by atoms with Gasteiger partial charge in [-0.05, 0) is 202 Å². The van der Waals surface area contributed by atoms with E-state index in [1.54, 1.807) is 0 Å². The standard InChI is InChI=1S/C42H26N2.C39H28N2.C38H24N2/c1-2-10-30-25-31(22-19-27(30)9-1)28-17-20-29(21-18-28)42-43-40-16-8-7-15-38(40)41(44-42)32-23-24-37-35-13-4-3-11-33(35)34-12-5-6-14-36(34)39(37)26-32;1-39(2)34-24-30(20-21-31(34)33-22-28-12-6-7-13-29(28)23-35(33)39)37-32-14-8-9-15-36(32)40-38(41-37)27-18-16-26(17-19-27)25-10-4-3-5-11-25;1-2-9-29-23-30(19-15-25(29)7-1)26-13-17-28(18-14-26)38-39-36-12-6-5-11-35(36)37(40-38)32-21-22-34-31(24-32)20-16-27-8-3-4-10-33(27)34/h1-26H;3-24H,1-2H3;1-24H. The maximum atomic E-state index is 5.22. The van der Waals surface area contributed by atoms with Gasteiger partial charge in [-0.25, -0.2) is 29.9 Å². The Kier molecular flexibility index (Phi) is 18.2. The number of nitrogens with zero attached hydrogens (tertiary/aromatic N) is 6. The topological polar surface area (TPSA) is 77.3 Å². The lowest BCUT2D eigenvalue weighted by molar-refractivity contribution is 0.661. The quantitative estimate of drug-likeness (QED) is 0.134. The zero-order valence-electron chi connectivity index (χ0n) is 68.8. The van der Waals surface area contributed by atoms with Crippen LogP contribution in [0, 0.1) is 0 Å². The highest BCUT2D eigenvalue weighted by molar-refractivity contribution is 6.26. The number of hydrogen-bond donors (Lipinski definition) is 0. The zero-order valence-corrected chi connectivity index (χ0v) is 68.8. The molecule has 0 fully saturated rings. The summed E-state index contributed by atoms with van der Waals surface area (Å²) in [5, 5.41) is 23.3. The molecular formula is C119H78N6. The van der Waals surface area contributed by atoms with Gasteiger partial charge in [-0.1, -0.05) is 390 Å². The van der Waals surface area contributed by atoms with E-state index in [0.29, 0.717) is 0 Å². The van der Waals surface area contributed by atoms with Crippen molar-refractivity contribution in [1.82, 2.24) is 29.9 Å². The Hall–Kier alpha value is -16.3. The molecule has 0 aliphatic heterocycles. The van der Waals surface area contributed by atoms with Crippen LogP contribution >= 0.6 is 0 Å². The van der Waals surface area contributed by atoms with Gasteiger partial charge in [-0.2, -0.15) is 0 Å². The SMILES string of the molecule is CC1(C)c2cc(-c3nc(-c4ccc(-c5ccccc5)cc4)nc4ccccc34)ccc2-c2cc3ccccc3cc21.c1ccc2cc(-c3ccc(-c4nc(-c5ccc6c(ccc7ccccc76)c5)c5ccccc5n4)cc3)ccc2c1.c1ccc2cc(-c3ccc(-c4nc(-c5ccc6c7ccccc7c7ccccc7c6c5)c5ccccc5n4)cc3)ccc2c1. The van der Waals surface area contributed by atoms with Crippen LogP contribution in [0.4, 0.5) is 0 Å². The molecule has 3 aromatic heterocycles. The Bertz CT molecular complexity index is 8390. The summed E-state index contributed by atoms with van der Waals surface area (Å²) in [6.45, 7) is 4.68. The van der Waals surface area contributed by atoms with Crippen molar-refractivity contribution in [3.63, 3.8) is 0 Å². The molecular weight excluding hydrogens is 1510 g/mol. The van der Waals surface area contributed by atoms with Crippen molar-refractivity contribution >= 4 is 119 Å². The van der Waals surface area contributed by atoms with Crippen LogP contribution in [0.1, 0.15) is 25.0 Å². The molecule has 0 saturated carbocycles. The minimum absolute atomic E-state index is 0.107. The molecule has 0 bridgehead atoms. The molecule has 6 heteroatoms. The van der Waals surface area contributed by atoms with Crippen molar-refractivity contribution in [1.29, 1.82) is 0 Å². The summed E-state index contributed by atoms with van der Waals surface area (Å²) in [4.78, 5) is 30.5. The van der Waals surface area contributed by atoms with E-state index < -0.39 is 0 Å². The number of para-hydroxylation sites is 3. The lowest BCUT2D eigenvalue weighted by atomic mass is 9.81. The van der Waals surface area contributed by atoms with Crippen LogP contribution in [0.2, 0.25) is 0 Å². The number of hydrogen-bond acceptors (Lipinski definition) is 6. The van der Waals surface area contributed by atoms with Crippen molar-refractivity contribution in [2.45, 2.75) is 19.3 Å². The predicted octanol–water partition coefficient (Wildman–Crippen LogP) is 31.4. The minimum Gasteiger partial charge on any atom is -0.228 e. The molecule has 25 rings (SSSR count). The van der Waals surface area contributed by atoms with Gasteiger partial charge in [0.25, 0.3) is 0 Å². The van der Waals surface area contributed by atoms with Crippen molar-refractivity contribution < 1.29 is 0 Å². The van der Waals surface area contributed by atoms with E-state index in [1.165, 1.54) is 142 Å². The molecule has 0 unspecified atom stereocenters. The van der Waals surface area contributed by atoms with Gasteiger partial charge in [0.2, 0.25) is 0 Å². The van der Waals surface area contributed by atoms with Gasteiger partial charge in [-0.3, -0.25) is 0 Å². The first-order valence-electron chi connectivity index (χ1n) is 42.8. The van der Waals surface area contributed by atoms with Crippen LogP contribution in [-0.2, 0) is 5.41 Å². The van der Waals surface area contributed by atoms with Crippen molar-refractivity contribution in [2.75, 3.05) is 0 Å². The molecule has 584 valence electrons. The highest BCUT2D eigenvalue weighted by Crippen LogP contribution is 2.52. The van der Waals surface area contributed by atoms with E-state index in [9.17, 15) is 0 Å². The normalized spacial score (nSPS) is 12.1. The molecule has 1 aliphatic rings. The fraction of sp³-hybridized carbons (Fsp3) is 0.0252. The molecule has 125 heavy (non-hydrogen) atoms. The second kappa shape index (κ2) is 30.8. The third-order valence-corrected chi connectivity index (χ3v) is 25.4. The van der Waals surface area contributed by atoms with Gasteiger partial charge in [-0.15, -0.1) is 0 Å². The Labute approximate surface area is 723 Å². The smallest absolute Gasteiger partial charge is 0.160 e. The highest BCUT2D eigenvalue weighted by atomic mass is 14.9. The Morgan fingerprint density at radius 2 is 0.440 bits per heavy atom. The molecule has 0 radical (unpaired) electrons. The third kappa shape index (κ3) is 13.5. The van der Waals surface area contributed by atoms with Crippen molar-refractivity contribution in [2.24, 2.45) is 0 Å². The van der Waals surface area contributed by atoms with E-state index in [0.717, 1.165) is 101 Å². The summed E-state index contributed by atoms with van der Waals surface area (Å²) in [6.07, 6.45) is 0. The number of benzene rings is 21. The van der Waals surface area contributed by atoms with E-state index in [-0.39, 0.29) is 5.41 Å². The maximum absolute atomic E-state index is 5.22. The Morgan fingerprint density at radius 3 is 0.928 bits per heavy atom. The van der Waals surface area contributed by atoms with Crippen LogP contribution in [-0.4, -0.2) is 29.9 Å². The zero-order chi connectivity index (χ0) is 83.1. The predicted molar refractivity (Wildman–Crippen MR) is 525 cm³/mol. The number of rotatable bonds is 9. The first-order valence-corrected chi connectivity index (χ1v) is 42.8. The van der Waals surface area contributed by atoms with E-state index >= 15 is 0 Å². The first kappa shape index (κ1) is 73.8. The van der Waals surface area contributed by atoms with Gasteiger partial charge in [0.05, 0.1) is 33.6 Å². The van der Waals surface area contributed by atoms with Crippen LogP contribution < -0.4 is 0 Å². The highest BCUT2D eigenvalue weighted by Gasteiger charge is 2.36. The van der Waals surface area contributed by atoms with E-state index in [4.69, 9.17) is 29.9 Å². The average molecular weight is 1590 g/mol. The Morgan fingerprint density at radius 1 is 0.152 bits per heavy atom. The van der Waals surface area contributed by atoms with Gasteiger partial charge < -0.3 is 0 Å². The van der Waals surface area contributed by atoms with Crippen LogP contribution in [0.25, 0.3) is 231 Å². The molecule has 0 spiro atoms. The molecule has 6 nitrogen and oxygen atoms in total. The Balaban J connectivity index is 0.000000108. The summed E-state index contributed by atoms with van der Waals surface area (Å²) in [7, 11) is 0. The summed E-state index contributed by atoms with van der Waals surface area (Å²) >= 11 is 0. The van der Waals surface area contributed by atoms with Crippen molar-refractivity contribution in [3.8, 4) is 112 Å². The van der Waals surface area contributed by atoms with Gasteiger partial charge in [0.1, 0.15) is 0 Å². The fourth-order valence-corrected chi connectivity index (χ4v) is 18.9. The lowest BCUT2D eigenvalue weighted by Gasteiger charge is -2.22. The van der Waals surface area contributed by atoms with Crippen molar-refractivity contribution in [3.05, 3.63) is 448 Å². The maximum Gasteiger partial charge on any atom is 0.160 e. The minimum atomic E-state index is -0.107. The fourth-order valence-electron chi connectivity index (χ4n) is 18.9. The summed E-state index contributed by atoms with van der Waals surface area (Å²) in [6, 6.07) is 155. The van der Waals surface area contributed by atoms with Crippen LogP contribution in [0.5, 0.6) is 0 Å². The van der Waals surface area contributed by atoms with Gasteiger partial charge in [0, 0.05) is 55.0 Å². The monoisotopic (exact) mass is 1590 g/mol. The molecule has 1 aliphatic carbocycles. The molecule has 24 aromatic rings. The molecule has 0 amide bonds. The second-order valence-corrected chi connectivity index (χ2v) is 33.2. The second-order valence-electron chi connectivity index (χ2n) is 33.2. The summed E-state index contributed by atoms with van der Waals surface area (Å²) < 4.78 is 0. The van der Waals surface area contributed by atoms with Gasteiger partial charge in [0.15, 0.2) is 17.5 Å². The lowest BCUT2D eigenvalue weighted by Crippen LogP contribution is -2.15. The number of aromatic nitrogens is 6. The van der Waals surface area contributed by atoms with E-state index in [2.05, 4.69) is 432 Å². The first-order chi connectivity index (χ1) is 61.7. The summed E-state index contributed by atoms with van der Waals surface area (Å²) in [5.74, 6) is 2.21. The van der Waals surface area contributed by atoms with Crippen LogP contribution in [0.15, 0.2) is 437 Å². The molecule has 3 heterocycles. The van der Waals surface area contributed by atoms with Gasteiger partial charge >= 0.3 is 0 Å².